The molecule has 1 aromatic carbocycles. The van der Waals surface area contributed by atoms with Crippen molar-refractivity contribution >= 4 is 6.08 Å². The maximum absolute atomic E-state index is 5.29. The highest BCUT2D eigenvalue weighted by Crippen LogP contribution is 2.31. The molecule has 0 amide bonds. The van der Waals surface area contributed by atoms with Crippen molar-refractivity contribution in [3.63, 3.8) is 0 Å². The van der Waals surface area contributed by atoms with E-state index in [1.54, 1.807) is 14.2 Å². The number of ether oxygens (including phenoxy) is 2. The highest BCUT2D eigenvalue weighted by Gasteiger charge is 2.05. The molecule has 0 atom stereocenters. The quantitative estimate of drug-likeness (QED) is 0.729. The van der Waals surface area contributed by atoms with E-state index in [1.807, 2.05) is 24.3 Å². The molecule has 76 valence electrons. The molecule has 14 heavy (non-hydrogen) atoms. The van der Waals surface area contributed by atoms with Gasteiger partial charge < -0.3 is 9.47 Å². The second-order valence-electron chi connectivity index (χ2n) is 2.89. The van der Waals surface area contributed by atoms with Gasteiger partial charge in [-0.1, -0.05) is 31.2 Å². The number of methoxy groups -OCH3 is 2. The van der Waals surface area contributed by atoms with Crippen molar-refractivity contribution in [3.8, 4) is 11.5 Å². The highest BCUT2D eigenvalue weighted by atomic mass is 16.5. The molecule has 0 radical (unpaired) electrons. The van der Waals surface area contributed by atoms with E-state index in [1.165, 1.54) is 0 Å². The summed E-state index contributed by atoms with van der Waals surface area (Å²) in [6.45, 7) is 2.10. The Morgan fingerprint density at radius 3 is 2.57 bits per heavy atom. The number of para-hydroxylation sites is 1. The Morgan fingerprint density at radius 1 is 1.21 bits per heavy atom. The van der Waals surface area contributed by atoms with Crippen LogP contribution in [-0.2, 0) is 0 Å². The van der Waals surface area contributed by atoms with E-state index in [0.717, 1.165) is 23.5 Å². The lowest BCUT2D eigenvalue weighted by Crippen LogP contribution is -1.92. The Hall–Kier alpha value is -1.44. The average Bonchev–Trinajstić information content (AvgIpc) is 2.25. The number of hydrogen-bond acceptors (Lipinski definition) is 2. The van der Waals surface area contributed by atoms with Crippen molar-refractivity contribution in [1.29, 1.82) is 0 Å². The monoisotopic (exact) mass is 192 g/mol. The van der Waals surface area contributed by atoms with Crippen LogP contribution in [0.25, 0.3) is 6.08 Å². The molecule has 0 aliphatic carbocycles. The second-order valence-corrected chi connectivity index (χ2v) is 2.89. The van der Waals surface area contributed by atoms with Crippen LogP contribution in [0.5, 0.6) is 11.5 Å². The Morgan fingerprint density at radius 2 is 2.00 bits per heavy atom. The third kappa shape index (κ3) is 2.28. The third-order valence-electron chi connectivity index (χ3n) is 1.97. The average molecular weight is 192 g/mol. The smallest absolute Gasteiger partial charge is 0.167 e. The highest BCUT2D eigenvalue weighted by molar-refractivity contribution is 5.62. The summed E-state index contributed by atoms with van der Waals surface area (Å²) < 4.78 is 10.5. The molecule has 1 rings (SSSR count). The largest absolute Gasteiger partial charge is 0.493 e. The van der Waals surface area contributed by atoms with E-state index in [9.17, 15) is 0 Å². The summed E-state index contributed by atoms with van der Waals surface area (Å²) in [7, 11) is 3.30. The minimum absolute atomic E-state index is 0.769. The standard InChI is InChI=1S/C12H16O2/c1-4-5-7-10-8-6-9-11(13-2)12(10)14-3/h5-9H,4H2,1-3H3/b7-5+. The summed E-state index contributed by atoms with van der Waals surface area (Å²) in [6.07, 6.45) is 5.15. The van der Waals surface area contributed by atoms with Gasteiger partial charge in [0.15, 0.2) is 11.5 Å². The van der Waals surface area contributed by atoms with E-state index in [4.69, 9.17) is 9.47 Å². The first-order valence-corrected chi connectivity index (χ1v) is 4.71. The van der Waals surface area contributed by atoms with Gasteiger partial charge in [-0.25, -0.2) is 0 Å². The minimum Gasteiger partial charge on any atom is -0.493 e. The summed E-state index contributed by atoms with van der Waals surface area (Å²) >= 11 is 0. The van der Waals surface area contributed by atoms with Crippen molar-refractivity contribution in [3.05, 3.63) is 29.8 Å². The molecule has 0 unspecified atom stereocenters. The summed E-state index contributed by atoms with van der Waals surface area (Å²) in [6, 6.07) is 5.85. The Balaban J connectivity index is 3.08. The molecule has 0 heterocycles. The number of hydrogen-bond donors (Lipinski definition) is 0. The molecule has 0 aromatic heterocycles. The van der Waals surface area contributed by atoms with Crippen LogP contribution in [0.4, 0.5) is 0 Å². The molecule has 0 saturated carbocycles. The van der Waals surface area contributed by atoms with Gasteiger partial charge in [-0.05, 0) is 12.5 Å². The third-order valence-corrected chi connectivity index (χ3v) is 1.97. The Labute approximate surface area is 85.2 Å². The van der Waals surface area contributed by atoms with E-state index >= 15 is 0 Å². The van der Waals surface area contributed by atoms with E-state index in [2.05, 4.69) is 13.0 Å². The van der Waals surface area contributed by atoms with Gasteiger partial charge in [-0.15, -0.1) is 0 Å². The van der Waals surface area contributed by atoms with Gasteiger partial charge in [0.2, 0.25) is 0 Å². The zero-order valence-electron chi connectivity index (χ0n) is 8.91. The summed E-state index contributed by atoms with van der Waals surface area (Å²) in [4.78, 5) is 0. The molecular formula is C12H16O2. The van der Waals surface area contributed by atoms with Crippen LogP contribution < -0.4 is 9.47 Å². The van der Waals surface area contributed by atoms with E-state index in [0.29, 0.717) is 0 Å². The maximum atomic E-state index is 5.29. The van der Waals surface area contributed by atoms with Gasteiger partial charge in [-0.2, -0.15) is 0 Å². The minimum atomic E-state index is 0.769. The molecule has 1 aromatic rings. The molecule has 0 N–H and O–H groups in total. The molecule has 0 aliphatic heterocycles. The van der Waals surface area contributed by atoms with Gasteiger partial charge in [0, 0.05) is 5.56 Å². The predicted octanol–water partition coefficient (Wildman–Crippen LogP) is 3.13. The van der Waals surface area contributed by atoms with Crippen LogP contribution in [0, 0.1) is 0 Å². The predicted molar refractivity (Wildman–Crippen MR) is 58.9 cm³/mol. The topological polar surface area (TPSA) is 18.5 Å². The van der Waals surface area contributed by atoms with Crippen LogP contribution in [0.2, 0.25) is 0 Å². The van der Waals surface area contributed by atoms with Crippen LogP contribution in [0.1, 0.15) is 18.9 Å². The Bertz CT molecular complexity index is 316. The fraction of sp³-hybridized carbons (Fsp3) is 0.333. The van der Waals surface area contributed by atoms with Gasteiger partial charge in [0.1, 0.15) is 0 Å². The molecule has 0 bridgehead atoms. The first-order valence-electron chi connectivity index (χ1n) is 4.71. The fourth-order valence-electron chi connectivity index (χ4n) is 1.29. The molecule has 0 saturated heterocycles. The van der Waals surface area contributed by atoms with Crippen molar-refractivity contribution in [2.75, 3.05) is 14.2 Å². The van der Waals surface area contributed by atoms with Crippen LogP contribution >= 0.6 is 0 Å². The van der Waals surface area contributed by atoms with Crippen molar-refractivity contribution in [2.24, 2.45) is 0 Å². The zero-order valence-corrected chi connectivity index (χ0v) is 8.91. The first kappa shape index (κ1) is 10.6. The molecule has 2 heteroatoms. The molecule has 0 aliphatic rings. The molecule has 0 fully saturated rings. The summed E-state index contributed by atoms with van der Waals surface area (Å²) in [5.74, 6) is 1.56. The normalized spacial score (nSPS) is 10.5. The maximum Gasteiger partial charge on any atom is 0.167 e. The summed E-state index contributed by atoms with van der Waals surface area (Å²) in [5, 5.41) is 0. The van der Waals surface area contributed by atoms with Gasteiger partial charge >= 0.3 is 0 Å². The molecular weight excluding hydrogens is 176 g/mol. The first-order chi connectivity index (χ1) is 6.83. The van der Waals surface area contributed by atoms with Crippen molar-refractivity contribution in [2.45, 2.75) is 13.3 Å². The van der Waals surface area contributed by atoms with Crippen LogP contribution in [0.3, 0.4) is 0 Å². The van der Waals surface area contributed by atoms with Crippen molar-refractivity contribution in [1.82, 2.24) is 0 Å². The van der Waals surface area contributed by atoms with Gasteiger partial charge in [-0.3, -0.25) is 0 Å². The van der Waals surface area contributed by atoms with E-state index < -0.39 is 0 Å². The summed E-state index contributed by atoms with van der Waals surface area (Å²) in [5.41, 5.74) is 1.05. The van der Waals surface area contributed by atoms with Crippen LogP contribution in [0.15, 0.2) is 24.3 Å². The lowest BCUT2D eigenvalue weighted by molar-refractivity contribution is 0.354. The Kier molecular flexibility index (Phi) is 4.05. The van der Waals surface area contributed by atoms with Crippen molar-refractivity contribution < 1.29 is 9.47 Å². The lowest BCUT2D eigenvalue weighted by Gasteiger charge is -2.09. The number of benzene rings is 1. The fourth-order valence-corrected chi connectivity index (χ4v) is 1.29. The molecule has 0 spiro atoms. The van der Waals surface area contributed by atoms with E-state index in [-0.39, 0.29) is 0 Å². The molecule has 2 nitrogen and oxygen atoms in total. The second kappa shape index (κ2) is 5.32. The zero-order chi connectivity index (χ0) is 10.4. The number of allylic oxidation sites excluding steroid dienone is 1. The van der Waals surface area contributed by atoms with Crippen LogP contribution in [-0.4, -0.2) is 14.2 Å². The lowest BCUT2D eigenvalue weighted by atomic mass is 10.1. The van der Waals surface area contributed by atoms with Gasteiger partial charge in [0.25, 0.3) is 0 Å². The number of rotatable bonds is 4. The SMILES string of the molecule is CC/C=C/c1cccc(OC)c1OC. The van der Waals surface area contributed by atoms with Gasteiger partial charge in [0.05, 0.1) is 14.2 Å².